The summed E-state index contributed by atoms with van der Waals surface area (Å²) in [5.41, 5.74) is 18.5. The topological polar surface area (TPSA) is 65.9 Å². The maximum Gasteiger partial charge on any atom is 0.123 e. The van der Waals surface area contributed by atoms with E-state index in [9.17, 15) is 4.39 Å². The van der Waals surface area contributed by atoms with Crippen molar-refractivity contribution in [3.8, 4) is 0 Å². The smallest absolute Gasteiger partial charge is 0.123 e. The van der Waals surface area contributed by atoms with E-state index in [0.29, 0.717) is 0 Å². The number of nitrogens with zero attached hydrogens (tertiary/aromatic N) is 10. The summed E-state index contributed by atoms with van der Waals surface area (Å²) in [5.74, 6) is -0.152. The number of benzene rings is 4. The first kappa shape index (κ1) is 64.7. The van der Waals surface area contributed by atoms with Crippen LogP contribution in [0.2, 0.25) is 15.1 Å². The fraction of sp³-hybridized carbons (Fsp3) is 0.448. The largest absolute Gasteiger partial charge is 0.473 e. The zero-order chi connectivity index (χ0) is 58.9. The van der Waals surface area contributed by atoms with Crippen LogP contribution >= 0.6 is 34.8 Å². The first-order chi connectivity index (χ1) is 38.1. The molecule has 4 aliphatic heterocycles. The Morgan fingerprint density at radius 1 is 0.549 bits per heavy atom. The molecule has 0 unspecified atom stereocenters. The van der Waals surface area contributed by atoms with Gasteiger partial charge in [-0.3, -0.25) is 15.4 Å². The molecule has 1 radical (unpaired) electrons. The molecule has 0 amide bonds. The third kappa shape index (κ3) is 14.9. The fourth-order valence-electron chi connectivity index (χ4n) is 11.4. The molecule has 0 aliphatic carbocycles. The zero-order valence-electron chi connectivity index (χ0n) is 51.4. The Labute approximate surface area is 529 Å². The van der Waals surface area contributed by atoms with Crippen molar-refractivity contribution < 1.29 is 37.1 Å². The van der Waals surface area contributed by atoms with Crippen LogP contribution in [0.3, 0.4) is 0 Å². The van der Waals surface area contributed by atoms with Gasteiger partial charge in [-0.15, -0.1) is 13.0 Å². The van der Waals surface area contributed by atoms with Gasteiger partial charge >= 0.3 is 0 Å². The molecule has 7 aromatic rings. The minimum Gasteiger partial charge on any atom is -0.473 e. The normalized spacial score (nSPS) is 14.9. The van der Waals surface area contributed by atoms with Gasteiger partial charge < -0.3 is 29.2 Å². The molecular weight excluding hydrogens is 1160 g/mol. The van der Waals surface area contributed by atoms with Crippen LogP contribution in [0.5, 0.6) is 0 Å². The van der Waals surface area contributed by atoms with Crippen LogP contribution in [0.4, 0.5) is 27.1 Å². The Balaban J connectivity index is 0.000000157. The second-order valence-electron chi connectivity index (χ2n) is 25.5. The maximum atomic E-state index is 13.7. The molecule has 82 heavy (non-hydrogen) atoms. The molecular formula is C67H84Cl3FN10Y-2. The monoisotopic (exact) mass is 1240 g/mol. The van der Waals surface area contributed by atoms with Crippen LogP contribution in [-0.4, -0.2) is 59.0 Å². The summed E-state index contributed by atoms with van der Waals surface area (Å²) in [6, 6.07) is 25.8. The van der Waals surface area contributed by atoms with Crippen LogP contribution in [0.1, 0.15) is 166 Å². The number of hydrogen-bond donors (Lipinski definition) is 0. The van der Waals surface area contributed by atoms with Gasteiger partial charge in [0.1, 0.15) is 5.82 Å². The SMILES string of the molecule is CCn1ccc2c1Cc1cc(F)ccc1N(C(C)(C)C)C2.CCn1ncc2c1Cc1cc(Cl)ccc1N(C(C)(C)C)C2.C[C-]=NC1=[C-]c2cc(Cl)ccc2N(C(C)(C)C)CC1.Cn1ncc2c1Cc1cc(Cl)ccc1N(C(C)(C)C)C2.[Y]. The molecule has 0 spiro atoms. The molecule has 10 nitrogen and oxygen atoms in total. The number of aliphatic imine (C=N–C) groups is 1. The molecule has 0 saturated heterocycles. The molecule has 3 aromatic heterocycles. The molecule has 435 valence electrons. The van der Waals surface area contributed by atoms with Crippen LogP contribution in [0, 0.1) is 11.9 Å². The van der Waals surface area contributed by atoms with Gasteiger partial charge in [0.2, 0.25) is 0 Å². The summed E-state index contributed by atoms with van der Waals surface area (Å²) in [6.07, 6.45) is 15.8. The molecule has 0 saturated carbocycles. The third-order valence-electron chi connectivity index (χ3n) is 15.6. The van der Waals surface area contributed by atoms with E-state index in [4.69, 9.17) is 34.8 Å². The van der Waals surface area contributed by atoms with E-state index >= 15 is 0 Å². The number of rotatable bonds is 3. The summed E-state index contributed by atoms with van der Waals surface area (Å²) in [6.45, 7) is 38.3. The standard InChI is InChI=1S/C18H23FN2.C17H22ClN3.C16H20ClN3.C16H19ClN2.Y/c1-5-20-9-8-13-12-21(18(2,3)4)16-7-6-15(19)10-14(16)11-17(13)20;1-5-21-16-9-12-8-14(18)6-7-15(12)20(17(2,3)4)11-13(16)10-19-21;1-16(2,3)20-10-12-9-18-19(4)15(12)8-11-7-13(17)5-6-14(11)20;1-5-18-14-8-9-19(16(2,3)4)15-7-6-13(17)10-12(15)11-14;/h6-10H,5,11-12H2,1-4H3;6-8,10H,5,9,11H2,1-4H3;5-7,9H,8,10H2,1-4H3;6-7,10H,8-9H2,1-4H3;/q;;;-2;. The molecule has 7 heterocycles. The molecule has 11 rings (SSSR count). The van der Waals surface area contributed by atoms with Crippen LogP contribution < -0.4 is 19.6 Å². The van der Waals surface area contributed by atoms with E-state index in [-0.39, 0.29) is 60.7 Å². The molecule has 15 heteroatoms. The summed E-state index contributed by atoms with van der Waals surface area (Å²) >= 11 is 18.5. The Hall–Kier alpha value is -4.91. The maximum absolute atomic E-state index is 13.7. The van der Waals surface area contributed by atoms with E-state index in [1.807, 2.05) is 54.5 Å². The quantitative estimate of drug-likeness (QED) is 0.130. The Bertz CT molecular complexity index is 3300. The number of aryl methyl sites for hydroxylation is 3. The van der Waals surface area contributed by atoms with E-state index in [1.54, 1.807) is 19.1 Å². The minimum absolute atomic E-state index is 0. The Morgan fingerprint density at radius 3 is 1.54 bits per heavy atom. The minimum atomic E-state index is -0.152. The van der Waals surface area contributed by atoms with Crippen molar-refractivity contribution in [1.82, 2.24) is 24.1 Å². The van der Waals surface area contributed by atoms with Crippen molar-refractivity contribution in [3.63, 3.8) is 0 Å². The van der Waals surface area contributed by atoms with Crippen molar-refractivity contribution in [2.24, 2.45) is 12.0 Å². The van der Waals surface area contributed by atoms with Crippen molar-refractivity contribution in [2.75, 3.05) is 26.1 Å². The molecule has 0 bridgehead atoms. The summed E-state index contributed by atoms with van der Waals surface area (Å²) in [7, 11) is 2.01. The number of hydrogen-bond acceptors (Lipinski definition) is 7. The predicted molar refractivity (Wildman–Crippen MR) is 339 cm³/mol. The summed E-state index contributed by atoms with van der Waals surface area (Å²) < 4.78 is 20.1. The van der Waals surface area contributed by atoms with Crippen molar-refractivity contribution in [1.29, 1.82) is 0 Å². The van der Waals surface area contributed by atoms with Crippen LogP contribution in [0.25, 0.3) is 0 Å². The number of aromatic nitrogens is 5. The van der Waals surface area contributed by atoms with Gasteiger partial charge in [-0.05, 0) is 191 Å². The van der Waals surface area contributed by atoms with Gasteiger partial charge in [0.15, 0.2) is 0 Å². The Morgan fingerprint density at radius 2 is 1.01 bits per heavy atom. The average molecular weight is 1240 g/mol. The first-order valence-corrected chi connectivity index (χ1v) is 29.7. The van der Waals surface area contributed by atoms with Crippen molar-refractivity contribution in [3.05, 3.63) is 186 Å². The van der Waals surface area contributed by atoms with Gasteiger partial charge in [-0.25, -0.2) is 4.39 Å². The van der Waals surface area contributed by atoms with Gasteiger partial charge in [0.05, 0.1) is 12.4 Å². The summed E-state index contributed by atoms with van der Waals surface area (Å²) in [5, 5.41) is 11.3. The second-order valence-corrected chi connectivity index (χ2v) is 26.8. The van der Waals surface area contributed by atoms with E-state index in [1.165, 1.54) is 62.0 Å². The number of fused-ring (bicyclic) bond motifs is 7. The molecule has 4 aliphatic rings. The van der Waals surface area contributed by atoms with Crippen molar-refractivity contribution in [2.45, 2.75) is 184 Å². The fourth-order valence-corrected chi connectivity index (χ4v) is 12.0. The van der Waals surface area contributed by atoms with E-state index in [0.717, 1.165) is 103 Å². The number of halogens is 4. The Kier molecular flexibility index (Phi) is 20.6. The van der Waals surface area contributed by atoms with Gasteiger partial charge in [-0.1, -0.05) is 59.0 Å². The molecule has 0 fully saturated rings. The van der Waals surface area contributed by atoms with Gasteiger partial charge in [0, 0.05) is 175 Å². The van der Waals surface area contributed by atoms with E-state index in [2.05, 4.69) is 196 Å². The molecule has 0 N–H and O–H groups in total. The third-order valence-corrected chi connectivity index (χ3v) is 16.3. The van der Waals surface area contributed by atoms with Gasteiger partial charge in [-0.2, -0.15) is 27.7 Å². The molecule has 0 atom stereocenters. The van der Waals surface area contributed by atoms with Gasteiger partial charge in [0.25, 0.3) is 0 Å². The zero-order valence-corrected chi connectivity index (χ0v) is 56.5. The predicted octanol–water partition coefficient (Wildman–Crippen LogP) is 16.8. The van der Waals surface area contributed by atoms with Crippen molar-refractivity contribution >= 4 is 63.8 Å². The van der Waals surface area contributed by atoms with Crippen LogP contribution in [0.15, 0.2) is 108 Å². The second kappa shape index (κ2) is 26.2. The first-order valence-electron chi connectivity index (χ1n) is 28.5. The average Bonchev–Trinajstić information content (AvgIpc) is 3.98. The summed E-state index contributed by atoms with van der Waals surface area (Å²) in [4.78, 5) is 13.9. The molecule has 4 aromatic carbocycles. The number of anilines is 4. The van der Waals surface area contributed by atoms with E-state index < -0.39 is 0 Å². The van der Waals surface area contributed by atoms with Crippen LogP contribution in [-0.2, 0) is 91.7 Å².